The molecule has 1 heterocycles. The molecule has 1 saturated heterocycles. The number of amides is 1. The lowest BCUT2D eigenvalue weighted by atomic mass is 10.1. The maximum Gasteiger partial charge on any atom is 0.264 e. The Hall–Kier alpha value is -3.13. The van der Waals surface area contributed by atoms with Crippen LogP contribution in [0.15, 0.2) is 46.3 Å². The van der Waals surface area contributed by atoms with Crippen molar-refractivity contribution >= 4 is 34.6 Å². The van der Waals surface area contributed by atoms with E-state index in [1.807, 2.05) is 0 Å². The minimum Gasteiger partial charge on any atom is -0.502 e. The molecule has 2 N–H and O–H groups in total. The molecule has 7 nitrogen and oxygen atoms in total. The summed E-state index contributed by atoms with van der Waals surface area (Å²) < 4.78 is 15.4. The lowest BCUT2D eigenvalue weighted by Crippen LogP contribution is -2.19. The maximum atomic E-state index is 12.2. The van der Waals surface area contributed by atoms with Gasteiger partial charge in [0.2, 0.25) is 5.75 Å². The highest BCUT2D eigenvalue weighted by molar-refractivity contribution is 8.18. The van der Waals surface area contributed by atoms with E-state index in [0.717, 1.165) is 5.75 Å². The minimum atomic E-state index is -0.252. The Bertz CT molecular complexity index is 897. The average Bonchev–Trinajstić information content (AvgIpc) is 3.02. The van der Waals surface area contributed by atoms with Crippen LogP contribution < -0.4 is 19.5 Å². The van der Waals surface area contributed by atoms with Crippen LogP contribution in [0.25, 0.3) is 6.08 Å². The summed E-state index contributed by atoms with van der Waals surface area (Å²) in [6.45, 7) is 0. The molecule has 0 unspecified atom stereocenters. The predicted molar refractivity (Wildman–Crippen MR) is 105 cm³/mol. The Balaban J connectivity index is 1.85. The largest absolute Gasteiger partial charge is 0.502 e. The Labute approximate surface area is 160 Å². The molecule has 1 aliphatic heterocycles. The van der Waals surface area contributed by atoms with Gasteiger partial charge in [0.1, 0.15) is 5.75 Å². The summed E-state index contributed by atoms with van der Waals surface area (Å²) in [4.78, 5) is 17.1. The fourth-order valence-electron chi connectivity index (χ4n) is 2.40. The van der Waals surface area contributed by atoms with E-state index in [4.69, 9.17) is 14.2 Å². The SMILES string of the molecule is COc1ccc(N=C2NC(=O)C(=Cc3cc(OC)c(O)c(OC)c3)S2)cc1. The first-order chi connectivity index (χ1) is 13.0. The highest BCUT2D eigenvalue weighted by Crippen LogP contribution is 2.38. The second-order valence-corrected chi connectivity index (χ2v) is 6.48. The number of thioether (sulfide) groups is 1. The van der Waals surface area contributed by atoms with Gasteiger partial charge in [0.05, 0.1) is 31.9 Å². The van der Waals surface area contributed by atoms with Gasteiger partial charge < -0.3 is 24.6 Å². The molecule has 140 valence electrons. The van der Waals surface area contributed by atoms with Crippen LogP contribution in [0, 0.1) is 0 Å². The van der Waals surface area contributed by atoms with Crippen LogP contribution in [0.4, 0.5) is 5.69 Å². The number of hydrogen-bond acceptors (Lipinski definition) is 7. The van der Waals surface area contributed by atoms with E-state index in [2.05, 4.69) is 10.3 Å². The molecule has 0 aliphatic carbocycles. The number of carbonyl (C=O) groups is 1. The molecule has 8 heteroatoms. The van der Waals surface area contributed by atoms with Gasteiger partial charge in [0.25, 0.3) is 5.91 Å². The van der Waals surface area contributed by atoms with Gasteiger partial charge in [-0.2, -0.15) is 0 Å². The zero-order chi connectivity index (χ0) is 19.4. The van der Waals surface area contributed by atoms with Crippen molar-refractivity contribution in [3.63, 3.8) is 0 Å². The van der Waals surface area contributed by atoms with Gasteiger partial charge in [0.15, 0.2) is 16.7 Å². The number of nitrogens with zero attached hydrogens (tertiary/aromatic N) is 1. The number of hydrogen-bond donors (Lipinski definition) is 2. The first kappa shape index (κ1) is 18.7. The highest BCUT2D eigenvalue weighted by atomic mass is 32.2. The summed E-state index contributed by atoms with van der Waals surface area (Å²) in [5.41, 5.74) is 1.36. The summed E-state index contributed by atoms with van der Waals surface area (Å²) in [5.74, 6) is 0.914. The minimum absolute atomic E-state index is 0.0903. The molecule has 0 spiro atoms. The van der Waals surface area contributed by atoms with Gasteiger partial charge in [0, 0.05) is 0 Å². The van der Waals surface area contributed by atoms with Crippen LogP contribution in [0.2, 0.25) is 0 Å². The predicted octanol–water partition coefficient (Wildman–Crippen LogP) is 3.31. The van der Waals surface area contributed by atoms with Gasteiger partial charge in [-0.1, -0.05) is 0 Å². The standard InChI is InChI=1S/C19H18N2O5S/c1-24-13-6-4-12(5-7-13)20-19-21-18(23)16(27-19)10-11-8-14(25-2)17(22)15(9-11)26-3/h4-10,22H,1-3H3,(H,20,21,23). The van der Waals surface area contributed by atoms with Crippen LogP contribution in [0.3, 0.4) is 0 Å². The van der Waals surface area contributed by atoms with Crippen molar-refractivity contribution in [2.24, 2.45) is 4.99 Å². The summed E-state index contributed by atoms with van der Waals surface area (Å²) in [6.07, 6.45) is 1.68. The number of aromatic hydroxyl groups is 1. The molecule has 0 atom stereocenters. The third-order valence-electron chi connectivity index (χ3n) is 3.75. The van der Waals surface area contributed by atoms with Crippen molar-refractivity contribution in [2.45, 2.75) is 0 Å². The molecule has 2 aromatic carbocycles. The van der Waals surface area contributed by atoms with Crippen LogP contribution in [0.5, 0.6) is 23.0 Å². The van der Waals surface area contributed by atoms with Gasteiger partial charge in [-0.3, -0.25) is 4.79 Å². The van der Waals surface area contributed by atoms with Crippen molar-refractivity contribution in [1.82, 2.24) is 5.32 Å². The third kappa shape index (κ3) is 4.17. The van der Waals surface area contributed by atoms with Gasteiger partial charge in [-0.15, -0.1) is 0 Å². The van der Waals surface area contributed by atoms with Crippen molar-refractivity contribution in [1.29, 1.82) is 0 Å². The molecule has 1 aliphatic rings. The van der Waals surface area contributed by atoms with Gasteiger partial charge >= 0.3 is 0 Å². The number of benzene rings is 2. The second kappa shape index (κ2) is 8.05. The molecule has 3 rings (SSSR count). The summed E-state index contributed by atoms with van der Waals surface area (Å²) >= 11 is 1.22. The Morgan fingerprint density at radius 3 is 2.22 bits per heavy atom. The lowest BCUT2D eigenvalue weighted by Gasteiger charge is -2.09. The quantitative estimate of drug-likeness (QED) is 0.767. The molecule has 0 saturated carbocycles. The van der Waals surface area contributed by atoms with Gasteiger partial charge in [-0.25, -0.2) is 4.99 Å². The van der Waals surface area contributed by atoms with E-state index >= 15 is 0 Å². The zero-order valence-electron chi connectivity index (χ0n) is 15.0. The third-order valence-corrected chi connectivity index (χ3v) is 4.66. The number of methoxy groups -OCH3 is 3. The number of carbonyl (C=O) groups excluding carboxylic acids is 1. The Kier molecular flexibility index (Phi) is 5.56. The Morgan fingerprint density at radius 2 is 1.67 bits per heavy atom. The van der Waals surface area contributed by atoms with E-state index in [-0.39, 0.29) is 23.2 Å². The molecule has 0 bridgehead atoms. The van der Waals surface area contributed by atoms with Crippen LogP contribution in [0.1, 0.15) is 5.56 Å². The normalized spacial score (nSPS) is 16.5. The summed E-state index contributed by atoms with van der Waals surface area (Å²) in [5, 5.41) is 13.2. The smallest absolute Gasteiger partial charge is 0.264 e. The van der Waals surface area contributed by atoms with E-state index < -0.39 is 0 Å². The number of aliphatic imine (C=N–C) groups is 1. The summed E-state index contributed by atoms with van der Waals surface area (Å²) in [6, 6.07) is 10.4. The molecule has 1 amide bonds. The highest BCUT2D eigenvalue weighted by Gasteiger charge is 2.24. The number of rotatable bonds is 5. The van der Waals surface area contributed by atoms with E-state index in [1.54, 1.807) is 49.6 Å². The van der Waals surface area contributed by atoms with E-state index in [9.17, 15) is 9.90 Å². The molecule has 0 aromatic heterocycles. The lowest BCUT2D eigenvalue weighted by molar-refractivity contribution is -0.115. The first-order valence-electron chi connectivity index (χ1n) is 7.92. The number of phenolic OH excluding ortho intramolecular Hbond substituents is 1. The van der Waals surface area contributed by atoms with Gasteiger partial charge in [-0.05, 0) is 59.8 Å². The average molecular weight is 386 g/mol. The molecule has 1 fully saturated rings. The van der Waals surface area contributed by atoms with Crippen molar-refractivity contribution in [2.75, 3.05) is 21.3 Å². The van der Waals surface area contributed by atoms with E-state index in [1.165, 1.54) is 26.0 Å². The van der Waals surface area contributed by atoms with Crippen molar-refractivity contribution < 1.29 is 24.1 Å². The number of nitrogens with one attached hydrogen (secondary N) is 1. The van der Waals surface area contributed by atoms with Crippen molar-refractivity contribution in [3.05, 3.63) is 46.9 Å². The van der Waals surface area contributed by atoms with Crippen LogP contribution in [-0.2, 0) is 4.79 Å². The molecule has 27 heavy (non-hydrogen) atoms. The monoisotopic (exact) mass is 386 g/mol. The molecule has 0 radical (unpaired) electrons. The molecular weight excluding hydrogens is 368 g/mol. The summed E-state index contributed by atoms with van der Waals surface area (Å²) in [7, 11) is 4.49. The second-order valence-electron chi connectivity index (χ2n) is 5.45. The van der Waals surface area contributed by atoms with Crippen LogP contribution >= 0.6 is 11.8 Å². The maximum absolute atomic E-state index is 12.2. The number of phenols is 1. The first-order valence-corrected chi connectivity index (χ1v) is 8.74. The fraction of sp³-hybridized carbons (Fsp3) is 0.158. The Morgan fingerprint density at radius 1 is 1.04 bits per heavy atom. The molecule has 2 aromatic rings. The number of amidine groups is 1. The van der Waals surface area contributed by atoms with Crippen molar-refractivity contribution in [3.8, 4) is 23.0 Å². The van der Waals surface area contributed by atoms with Crippen LogP contribution in [-0.4, -0.2) is 37.5 Å². The van der Waals surface area contributed by atoms with E-state index in [0.29, 0.717) is 21.3 Å². The topological polar surface area (TPSA) is 89.4 Å². The fourth-order valence-corrected chi connectivity index (χ4v) is 3.24. The number of ether oxygens (including phenoxy) is 3. The zero-order valence-corrected chi connectivity index (χ0v) is 15.8. The molecular formula is C19H18N2O5S.